The van der Waals surface area contributed by atoms with E-state index in [9.17, 15) is 0 Å². The highest BCUT2D eigenvalue weighted by Crippen LogP contribution is 2.24. The molecule has 0 aliphatic rings. The molecule has 3 unspecified atom stereocenters. The lowest BCUT2D eigenvalue weighted by atomic mass is 9.87. The molecule has 0 N–H and O–H groups in total. The number of hydrogen-bond acceptors (Lipinski definition) is 1. The van der Waals surface area contributed by atoms with E-state index in [0.29, 0.717) is 0 Å². The fourth-order valence-electron chi connectivity index (χ4n) is 3.65. The Morgan fingerprint density at radius 3 is 1.91 bits per heavy atom. The van der Waals surface area contributed by atoms with Gasteiger partial charge in [-0.3, -0.25) is 4.99 Å². The Bertz CT molecular complexity index is 259. The third kappa shape index (κ3) is 13.8. The van der Waals surface area contributed by atoms with Crippen molar-refractivity contribution >= 4 is 6.21 Å². The molecule has 1 heteroatoms. The molecule has 0 saturated heterocycles. The Kier molecular flexibility index (Phi) is 16.3. The molecular weight excluding hydrogens is 278 g/mol. The molecule has 0 aromatic rings. The minimum absolute atomic E-state index is 0.915. The summed E-state index contributed by atoms with van der Waals surface area (Å²) in [6.45, 7) is 12.6. The number of nitrogens with zero attached hydrogens (tertiary/aromatic N) is 1. The molecule has 0 radical (unpaired) electrons. The highest BCUT2D eigenvalue weighted by molar-refractivity contribution is 5.56. The lowest BCUT2D eigenvalue weighted by Gasteiger charge is -2.19. The summed E-state index contributed by atoms with van der Waals surface area (Å²) in [5.41, 5.74) is 0. The van der Waals surface area contributed by atoms with Gasteiger partial charge in [0, 0.05) is 6.54 Å². The standard InChI is InChI=1S/C22H45N/c1-6-14-20(4)21(5)16-11-9-10-12-17-22(15-7-2)18-13-19-23-8-3/h19-22H,6-18H2,1-5H3. The quantitative estimate of drug-likeness (QED) is 0.204. The molecule has 0 rings (SSSR count). The molecule has 0 aliphatic carbocycles. The predicted octanol–water partition coefficient (Wildman–Crippen LogP) is 7.69. The van der Waals surface area contributed by atoms with Crippen molar-refractivity contribution in [2.24, 2.45) is 22.7 Å². The zero-order valence-electron chi connectivity index (χ0n) is 16.9. The van der Waals surface area contributed by atoms with Gasteiger partial charge in [-0.25, -0.2) is 0 Å². The molecule has 0 heterocycles. The first-order chi connectivity index (χ1) is 11.2. The van der Waals surface area contributed by atoms with Crippen LogP contribution in [0.5, 0.6) is 0 Å². The molecule has 0 fully saturated rings. The van der Waals surface area contributed by atoms with Gasteiger partial charge in [0.1, 0.15) is 0 Å². The van der Waals surface area contributed by atoms with Gasteiger partial charge < -0.3 is 0 Å². The fraction of sp³-hybridized carbons (Fsp3) is 0.955. The Morgan fingerprint density at radius 2 is 1.30 bits per heavy atom. The smallest absolute Gasteiger partial charge is 0.0357 e. The van der Waals surface area contributed by atoms with Crippen molar-refractivity contribution in [2.75, 3.05) is 6.54 Å². The molecular formula is C22H45N. The summed E-state index contributed by atoms with van der Waals surface area (Å²) in [7, 11) is 0. The summed E-state index contributed by atoms with van der Waals surface area (Å²) in [6, 6.07) is 0. The molecule has 0 aromatic heterocycles. The summed E-state index contributed by atoms with van der Waals surface area (Å²) in [5.74, 6) is 2.77. The van der Waals surface area contributed by atoms with Gasteiger partial charge in [0.2, 0.25) is 0 Å². The van der Waals surface area contributed by atoms with Crippen LogP contribution in [0.1, 0.15) is 112 Å². The van der Waals surface area contributed by atoms with Crippen LogP contribution in [-0.2, 0) is 0 Å². The molecule has 0 spiro atoms. The van der Waals surface area contributed by atoms with Crippen LogP contribution in [0.2, 0.25) is 0 Å². The summed E-state index contributed by atoms with van der Waals surface area (Å²) >= 11 is 0. The van der Waals surface area contributed by atoms with E-state index in [1.54, 1.807) is 0 Å². The second-order valence-electron chi connectivity index (χ2n) is 7.65. The number of unbranched alkanes of at least 4 members (excludes halogenated alkanes) is 3. The Balaban J connectivity index is 3.67. The highest BCUT2D eigenvalue weighted by atomic mass is 14.7. The average molecular weight is 324 g/mol. The minimum atomic E-state index is 0.915. The molecule has 1 nitrogen and oxygen atoms in total. The summed E-state index contributed by atoms with van der Waals surface area (Å²) < 4.78 is 0. The normalized spacial score (nSPS) is 15.9. The van der Waals surface area contributed by atoms with Crippen LogP contribution in [0.4, 0.5) is 0 Å². The molecule has 138 valence electrons. The third-order valence-corrected chi connectivity index (χ3v) is 5.45. The zero-order chi connectivity index (χ0) is 17.3. The first-order valence-corrected chi connectivity index (χ1v) is 10.6. The number of aliphatic imine (C=N–C) groups is 1. The second-order valence-corrected chi connectivity index (χ2v) is 7.65. The van der Waals surface area contributed by atoms with Crippen LogP contribution in [0, 0.1) is 17.8 Å². The monoisotopic (exact) mass is 323 g/mol. The van der Waals surface area contributed by atoms with Gasteiger partial charge in [-0.1, -0.05) is 91.9 Å². The molecule has 0 amide bonds. The van der Waals surface area contributed by atoms with Crippen molar-refractivity contribution in [2.45, 2.75) is 112 Å². The topological polar surface area (TPSA) is 12.4 Å². The third-order valence-electron chi connectivity index (χ3n) is 5.45. The van der Waals surface area contributed by atoms with E-state index in [0.717, 1.165) is 24.3 Å². The number of hydrogen-bond donors (Lipinski definition) is 0. The minimum Gasteiger partial charge on any atom is -0.298 e. The molecule has 0 aromatic carbocycles. The van der Waals surface area contributed by atoms with E-state index >= 15 is 0 Å². The van der Waals surface area contributed by atoms with Gasteiger partial charge in [-0.15, -0.1) is 0 Å². The van der Waals surface area contributed by atoms with Crippen LogP contribution in [0.25, 0.3) is 0 Å². The summed E-state index contributed by atoms with van der Waals surface area (Å²) in [6.07, 6.45) is 18.8. The molecule has 0 bridgehead atoms. The molecule has 0 saturated carbocycles. The van der Waals surface area contributed by atoms with E-state index in [1.807, 2.05) is 0 Å². The average Bonchev–Trinajstić information content (AvgIpc) is 2.54. The van der Waals surface area contributed by atoms with Crippen LogP contribution < -0.4 is 0 Å². The van der Waals surface area contributed by atoms with Gasteiger partial charge in [0.15, 0.2) is 0 Å². The van der Waals surface area contributed by atoms with Gasteiger partial charge in [-0.05, 0) is 43.7 Å². The molecule has 0 aliphatic heterocycles. The van der Waals surface area contributed by atoms with E-state index in [-0.39, 0.29) is 0 Å². The predicted molar refractivity (Wildman–Crippen MR) is 108 cm³/mol. The van der Waals surface area contributed by atoms with E-state index in [2.05, 4.69) is 45.8 Å². The second kappa shape index (κ2) is 16.5. The highest BCUT2D eigenvalue weighted by Gasteiger charge is 2.11. The maximum absolute atomic E-state index is 4.34. The van der Waals surface area contributed by atoms with Crippen molar-refractivity contribution in [1.82, 2.24) is 0 Å². The Labute approximate surface area is 147 Å². The lowest BCUT2D eigenvalue weighted by molar-refractivity contribution is 0.328. The largest absolute Gasteiger partial charge is 0.298 e. The lowest BCUT2D eigenvalue weighted by Crippen LogP contribution is -2.07. The number of rotatable bonds is 16. The van der Waals surface area contributed by atoms with Crippen LogP contribution in [0.3, 0.4) is 0 Å². The van der Waals surface area contributed by atoms with Crippen molar-refractivity contribution in [1.29, 1.82) is 0 Å². The Hall–Kier alpha value is -0.330. The molecule has 3 atom stereocenters. The van der Waals surface area contributed by atoms with Crippen LogP contribution in [0.15, 0.2) is 4.99 Å². The first kappa shape index (κ1) is 22.7. The van der Waals surface area contributed by atoms with Gasteiger partial charge >= 0.3 is 0 Å². The molecule has 23 heavy (non-hydrogen) atoms. The maximum Gasteiger partial charge on any atom is 0.0357 e. The fourth-order valence-corrected chi connectivity index (χ4v) is 3.65. The van der Waals surface area contributed by atoms with Gasteiger partial charge in [0.25, 0.3) is 0 Å². The SMILES string of the molecule is CCCC(CCC=NCC)CCCCCCC(C)C(C)CCC. The van der Waals surface area contributed by atoms with Gasteiger partial charge in [-0.2, -0.15) is 0 Å². The van der Waals surface area contributed by atoms with Crippen molar-refractivity contribution in [3.05, 3.63) is 0 Å². The van der Waals surface area contributed by atoms with Gasteiger partial charge in [0.05, 0.1) is 0 Å². The van der Waals surface area contributed by atoms with Crippen molar-refractivity contribution in [3.8, 4) is 0 Å². The van der Waals surface area contributed by atoms with Crippen LogP contribution in [-0.4, -0.2) is 12.8 Å². The van der Waals surface area contributed by atoms with E-state index < -0.39 is 0 Å². The summed E-state index contributed by atoms with van der Waals surface area (Å²) in [5, 5.41) is 0. The maximum atomic E-state index is 4.34. The van der Waals surface area contributed by atoms with Crippen molar-refractivity contribution < 1.29 is 0 Å². The first-order valence-electron chi connectivity index (χ1n) is 10.6. The van der Waals surface area contributed by atoms with Crippen LogP contribution >= 0.6 is 0 Å². The van der Waals surface area contributed by atoms with E-state index in [1.165, 1.54) is 77.0 Å². The van der Waals surface area contributed by atoms with E-state index in [4.69, 9.17) is 0 Å². The summed E-state index contributed by atoms with van der Waals surface area (Å²) in [4.78, 5) is 4.34. The zero-order valence-corrected chi connectivity index (χ0v) is 16.9. The van der Waals surface area contributed by atoms with Crippen molar-refractivity contribution in [3.63, 3.8) is 0 Å². The Morgan fingerprint density at radius 1 is 0.696 bits per heavy atom.